The molecule has 0 aliphatic rings. The van der Waals surface area contributed by atoms with Crippen LogP contribution in [0, 0.1) is 11.8 Å². The molecule has 1 atom stereocenters. The molecule has 0 amide bonds. The van der Waals surface area contributed by atoms with Crippen molar-refractivity contribution in [2.75, 3.05) is 6.61 Å². The Hall–Kier alpha value is -0.470. The molecule has 0 saturated heterocycles. The Balaban J connectivity index is 2.70. The van der Waals surface area contributed by atoms with E-state index in [1.165, 1.54) is 5.56 Å². The monoisotopic (exact) mass is 252 g/mol. The Morgan fingerprint density at radius 3 is 2.06 bits per heavy atom. The van der Waals surface area contributed by atoms with Crippen LogP contribution in [-0.2, 0) is 4.74 Å². The van der Waals surface area contributed by atoms with Gasteiger partial charge in [0.2, 0.25) is 0 Å². The predicted molar refractivity (Wildman–Crippen MR) is 76.7 cm³/mol. The third-order valence-corrected chi connectivity index (χ3v) is 2.88. The fourth-order valence-corrected chi connectivity index (χ4v) is 1.88. The van der Waals surface area contributed by atoms with Gasteiger partial charge < -0.3 is 4.74 Å². The molecule has 96 valence electrons. The number of ether oxygens (including phenoxy) is 1. The number of hydrogen-bond donors (Lipinski definition) is 1. The lowest BCUT2D eigenvalue weighted by Crippen LogP contribution is -2.11. The summed E-state index contributed by atoms with van der Waals surface area (Å²) < 4.78 is 6.02. The van der Waals surface area contributed by atoms with Crippen molar-refractivity contribution in [3.05, 3.63) is 29.8 Å². The van der Waals surface area contributed by atoms with Crippen LogP contribution in [0.3, 0.4) is 0 Å². The molecule has 0 heterocycles. The number of hydrogen-bond acceptors (Lipinski definition) is 2. The lowest BCUT2D eigenvalue weighted by atomic mass is 9.99. The van der Waals surface area contributed by atoms with Crippen LogP contribution in [0.2, 0.25) is 0 Å². The van der Waals surface area contributed by atoms with Gasteiger partial charge in [0.25, 0.3) is 0 Å². The Bertz CT molecular complexity index is 316. The molecule has 0 saturated carbocycles. The van der Waals surface area contributed by atoms with Gasteiger partial charge in [-0.1, -0.05) is 39.8 Å². The highest BCUT2D eigenvalue weighted by Gasteiger charge is 2.14. The minimum absolute atomic E-state index is 0.214. The van der Waals surface area contributed by atoms with Crippen molar-refractivity contribution in [2.24, 2.45) is 11.8 Å². The minimum atomic E-state index is 0.214. The van der Waals surface area contributed by atoms with Crippen LogP contribution in [-0.4, -0.2) is 6.61 Å². The summed E-state index contributed by atoms with van der Waals surface area (Å²) in [6, 6.07) is 8.31. The largest absolute Gasteiger partial charge is 0.373 e. The number of benzene rings is 1. The molecule has 1 aromatic rings. The molecular formula is C15H24OS. The summed E-state index contributed by atoms with van der Waals surface area (Å²) >= 11 is 4.31. The van der Waals surface area contributed by atoms with Crippen molar-refractivity contribution in [3.8, 4) is 0 Å². The van der Waals surface area contributed by atoms with E-state index in [9.17, 15) is 0 Å². The average Bonchev–Trinajstić information content (AvgIpc) is 2.25. The molecule has 17 heavy (non-hydrogen) atoms. The quantitative estimate of drug-likeness (QED) is 0.720. The van der Waals surface area contributed by atoms with Gasteiger partial charge in [-0.2, -0.15) is 0 Å². The van der Waals surface area contributed by atoms with E-state index in [1.54, 1.807) is 0 Å². The minimum Gasteiger partial charge on any atom is -0.373 e. The maximum atomic E-state index is 6.02. The summed E-state index contributed by atoms with van der Waals surface area (Å²) in [6.07, 6.45) is 1.28. The molecule has 1 nitrogen and oxygen atoms in total. The fourth-order valence-electron chi connectivity index (χ4n) is 1.73. The summed E-state index contributed by atoms with van der Waals surface area (Å²) in [5, 5.41) is 0. The second kappa shape index (κ2) is 7.07. The van der Waals surface area contributed by atoms with Gasteiger partial charge in [0.05, 0.1) is 6.10 Å². The number of thiol groups is 1. The first-order chi connectivity index (χ1) is 7.99. The van der Waals surface area contributed by atoms with Crippen LogP contribution >= 0.6 is 12.6 Å². The molecule has 0 aliphatic heterocycles. The van der Waals surface area contributed by atoms with Gasteiger partial charge >= 0.3 is 0 Å². The van der Waals surface area contributed by atoms with Gasteiger partial charge in [-0.25, -0.2) is 0 Å². The lowest BCUT2D eigenvalue weighted by molar-refractivity contribution is 0.0220. The van der Waals surface area contributed by atoms with Crippen LogP contribution in [0.15, 0.2) is 29.2 Å². The molecule has 2 heteroatoms. The molecular weight excluding hydrogens is 228 g/mol. The third-order valence-electron chi connectivity index (χ3n) is 2.58. The SMILES string of the molecule is CC(C)CO[C@H](CC(C)C)c1ccc(S)cc1. The van der Waals surface area contributed by atoms with Crippen LogP contribution < -0.4 is 0 Å². The standard InChI is InChI=1S/C15H24OS/c1-11(2)9-15(16-10-12(3)4)13-5-7-14(17)8-6-13/h5-8,11-12,15,17H,9-10H2,1-4H3/t15-/m1/s1. The van der Waals surface area contributed by atoms with Crippen LogP contribution in [0.1, 0.15) is 45.8 Å². The van der Waals surface area contributed by atoms with Gasteiger partial charge in [-0.05, 0) is 36.0 Å². The maximum absolute atomic E-state index is 6.02. The highest BCUT2D eigenvalue weighted by Crippen LogP contribution is 2.26. The highest BCUT2D eigenvalue weighted by molar-refractivity contribution is 7.80. The average molecular weight is 252 g/mol. The molecule has 0 aliphatic carbocycles. The second-order valence-electron chi connectivity index (χ2n) is 5.44. The first kappa shape index (κ1) is 14.6. The molecule has 0 N–H and O–H groups in total. The van der Waals surface area contributed by atoms with Crippen molar-refractivity contribution in [2.45, 2.75) is 45.1 Å². The molecule has 0 radical (unpaired) electrons. The van der Waals surface area contributed by atoms with Crippen molar-refractivity contribution in [1.29, 1.82) is 0 Å². The van der Waals surface area contributed by atoms with Gasteiger partial charge in [-0.15, -0.1) is 12.6 Å². The normalized spacial score (nSPS) is 13.4. The molecule has 0 unspecified atom stereocenters. The van der Waals surface area contributed by atoms with Gasteiger partial charge in [0, 0.05) is 11.5 Å². The molecule has 0 spiro atoms. The number of rotatable bonds is 6. The second-order valence-corrected chi connectivity index (χ2v) is 5.95. The summed E-state index contributed by atoms with van der Waals surface area (Å²) in [4.78, 5) is 1.00. The molecule has 0 bridgehead atoms. The van der Waals surface area contributed by atoms with E-state index in [0.29, 0.717) is 11.8 Å². The lowest BCUT2D eigenvalue weighted by Gasteiger charge is -2.21. The van der Waals surface area contributed by atoms with Gasteiger partial charge in [0.15, 0.2) is 0 Å². The first-order valence-electron chi connectivity index (χ1n) is 6.39. The molecule has 0 aromatic heterocycles. The van der Waals surface area contributed by atoms with Gasteiger partial charge in [0.1, 0.15) is 0 Å². The van der Waals surface area contributed by atoms with E-state index < -0.39 is 0 Å². The Morgan fingerprint density at radius 2 is 1.59 bits per heavy atom. The fraction of sp³-hybridized carbons (Fsp3) is 0.600. The van der Waals surface area contributed by atoms with E-state index in [1.807, 2.05) is 12.1 Å². The highest BCUT2D eigenvalue weighted by atomic mass is 32.1. The van der Waals surface area contributed by atoms with E-state index in [-0.39, 0.29) is 6.10 Å². The smallest absolute Gasteiger partial charge is 0.0827 e. The molecule has 0 fully saturated rings. The molecule has 1 aromatic carbocycles. The van der Waals surface area contributed by atoms with Crippen molar-refractivity contribution in [1.82, 2.24) is 0 Å². The summed E-state index contributed by atoms with van der Waals surface area (Å²) in [5.74, 6) is 1.22. The Kier molecular flexibility index (Phi) is 6.07. The summed E-state index contributed by atoms with van der Waals surface area (Å²) in [5.41, 5.74) is 1.26. The van der Waals surface area contributed by atoms with Gasteiger partial charge in [-0.3, -0.25) is 0 Å². The zero-order chi connectivity index (χ0) is 12.8. The third kappa shape index (κ3) is 5.60. The maximum Gasteiger partial charge on any atom is 0.0827 e. The Morgan fingerprint density at radius 1 is 1.00 bits per heavy atom. The van der Waals surface area contributed by atoms with Crippen molar-refractivity contribution < 1.29 is 4.74 Å². The Labute approximate surface area is 111 Å². The van der Waals surface area contributed by atoms with Crippen LogP contribution in [0.4, 0.5) is 0 Å². The first-order valence-corrected chi connectivity index (χ1v) is 6.84. The van der Waals surface area contributed by atoms with E-state index in [4.69, 9.17) is 4.74 Å². The van der Waals surface area contributed by atoms with E-state index in [2.05, 4.69) is 52.5 Å². The zero-order valence-corrected chi connectivity index (χ0v) is 12.2. The van der Waals surface area contributed by atoms with E-state index in [0.717, 1.165) is 17.9 Å². The predicted octanol–water partition coefficient (Wildman–Crippen LogP) is 4.74. The summed E-state index contributed by atoms with van der Waals surface area (Å²) in [7, 11) is 0. The van der Waals surface area contributed by atoms with Crippen LogP contribution in [0.25, 0.3) is 0 Å². The van der Waals surface area contributed by atoms with E-state index >= 15 is 0 Å². The van der Waals surface area contributed by atoms with Crippen molar-refractivity contribution in [3.63, 3.8) is 0 Å². The topological polar surface area (TPSA) is 9.23 Å². The van der Waals surface area contributed by atoms with Crippen LogP contribution in [0.5, 0.6) is 0 Å². The molecule has 1 rings (SSSR count). The summed E-state index contributed by atoms with van der Waals surface area (Å²) in [6.45, 7) is 9.66. The van der Waals surface area contributed by atoms with Crippen molar-refractivity contribution >= 4 is 12.6 Å². The zero-order valence-electron chi connectivity index (χ0n) is 11.3.